The molecule has 2 atom stereocenters. The summed E-state index contributed by atoms with van der Waals surface area (Å²) in [4.78, 5) is 49.0. The minimum Gasteiger partial charge on any atom is -0.480 e. The van der Waals surface area contributed by atoms with Crippen molar-refractivity contribution in [2.45, 2.75) is 57.2 Å². The van der Waals surface area contributed by atoms with Crippen molar-refractivity contribution in [2.24, 2.45) is 0 Å². The number of carbonyl (C=O) groups excluding carboxylic acids is 3. The van der Waals surface area contributed by atoms with Crippen molar-refractivity contribution < 1.29 is 24.3 Å². The summed E-state index contributed by atoms with van der Waals surface area (Å²) >= 11 is 0.733. The molecule has 0 aliphatic heterocycles. The van der Waals surface area contributed by atoms with Crippen LogP contribution in [-0.2, 0) is 26.2 Å². The maximum absolute atomic E-state index is 12.8. The molecular weight excluding hydrogens is 426 g/mol. The first-order valence-corrected chi connectivity index (χ1v) is 11.2. The first kappa shape index (κ1) is 25.3. The second-order valence-corrected chi connectivity index (χ2v) is 10.0. The molecule has 0 heterocycles. The van der Waals surface area contributed by atoms with Gasteiger partial charge in [-0.05, 0) is 16.5 Å². The topological polar surface area (TPSA) is 101 Å². The van der Waals surface area contributed by atoms with Gasteiger partial charge in [-0.1, -0.05) is 87.1 Å². The number of rotatable bonds is 9. The van der Waals surface area contributed by atoms with Gasteiger partial charge in [-0.25, -0.2) is 4.79 Å². The van der Waals surface area contributed by atoms with Crippen LogP contribution in [0.3, 0.4) is 0 Å². The van der Waals surface area contributed by atoms with Gasteiger partial charge in [0.05, 0.1) is 5.25 Å². The number of benzene rings is 2. The lowest BCUT2D eigenvalue weighted by Crippen LogP contribution is -2.46. The molecule has 0 aliphatic carbocycles. The van der Waals surface area contributed by atoms with Gasteiger partial charge in [0.25, 0.3) is 0 Å². The Morgan fingerprint density at radius 3 is 2.06 bits per heavy atom. The fraction of sp³-hybridized carbons (Fsp3) is 0.360. The molecule has 0 aliphatic rings. The molecule has 0 saturated heterocycles. The van der Waals surface area contributed by atoms with Crippen LogP contribution in [0.2, 0.25) is 0 Å². The number of hydrogen-bond acceptors (Lipinski definition) is 5. The van der Waals surface area contributed by atoms with E-state index in [2.05, 4.69) is 26.1 Å². The molecule has 1 unspecified atom stereocenters. The fourth-order valence-corrected chi connectivity index (χ4v) is 3.96. The standard InChI is InChI=1S/C25H29NO5S/c1-16(27)32-22(15-21(28)18-10-12-19(13-11-18)25(2,3)4)23(29)26-20(24(30)31)14-17-8-6-5-7-9-17/h5-13,20,22H,14-15H2,1-4H3,(H,26,29)(H,30,31)/t20-,22?/m0/s1. The summed E-state index contributed by atoms with van der Waals surface area (Å²) in [7, 11) is 0. The Bertz CT molecular complexity index is 964. The average Bonchev–Trinajstić information content (AvgIpc) is 2.72. The molecule has 0 radical (unpaired) electrons. The zero-order chi connectivity index (χ0) is 23.9. The third kappa shape index (κ3) is 7.64. The van der Waals surface area contributed by atoms with Crippen LogP contribution in [0.5, 0.6) is 0 Å². The summed E-state index contributed by atoms with van der Waals surface area (Å²) in [6.45, 7) is 7.53. The largest absolute Gasteiger partial charge is 0.480 e. The number of carboxylic acids is 1. The third-order valence-corrected chi connectivity index (χ3v) is 5.94. The van der Waals surface area contributed by atoms with E-state index >= 15 is 0 Å². The third-order valence-electron chi connectivity index (χ3n) is 4.94. The maximum atomic E-state index is 12.8. The number of carbonyl (C=O) groups is 4. The van der Waals surface area contributed by atoms with Crippen LogP contribution in [0.4, 0.5) is 0 Å². The number of hydrogen-bond donors (Lipinski definition) is 2. The van der Waals surface area contributed by atoms with E-state index in [0.29, 0.717) is 5.56 Å². The van der Waals surface area contributed by atoms with Gasteiger partial charge in [0.1, 0.15) is 6.04 Å². The lowest BCUT2D eigenvalue weighted by molar-refractivity contribution is -0.141. The van der Waals surface area contributed by atoms with Crippen LogP contribution in [0, 0.1) is 0 Å². The van der Waals surface area contributed by atoms with Crippen LogP contribution in [0.1, 0.15) is 55.6 Å². The van der Waals surface area contributed by atoms with Crippen molar-refractivity contribution >= 4 is 34.5 Å². The number of carboxylic acid groups (broad SMARTS) is 1. The second kappa shape index (κ2) is 11.1. The molecule has 0 saturated carbocycles. The number of aliphatic carboxylic acids is 1. The molecule has 2 aromatic carbocycles. The van der Waals surface area contributed by atoms with Crippen LogP contribution >= 0.6 is 11.8 Å². The SMILES string of the molecule is CC(=O)SC(CC(=O)c1ccc(C(C)(C)C)cc1)C(=O)N[C@@H](Cc1ccccc1)C(=O)O. The second-order valence-electron chi connectivity index (χ2n) is 8.64. The predicted octanol–water partition coefficient (Wildman–Crippen LogP) is 4.02. The van der Waals surface area contributed by atoms with E-state index in [-0.39, 0.29) is 29.2 Å². The molecule has 2 rings (SSSR count). The van der Waals surface area contributed by atoms with E-state index in [1.807, 2.05) is 18.2 Å². The molecule has 0 spiro atoms. The molecule has 2 N–H and O–H groups in total. The van der Waals surface area contributed by atoms with Crippen molar-refractivity contribution in [3.8, 4) is 0 Å². The summed E-state index contributed by atoms with van der Waals surface area (Å²) in [6, 6.07) is 14.9. The summed E-state index contributed by atoms with van der Waals surface area (Å²) in [6.07, 6.45) is -0.107. The van der Waals surface area contributed by atoms with Crippen molar-refractivity contribution in [2.75, 3.05) is 0 Å². The highest BCUT2D eigenvalue weighted by Gasteiger charge is 2.29. The summed E-state index contributed by atoms with van der Waals surface area (Å²) in [5.74, 6) is -2.11. The van der Waals surface area contributed by atoms with Gasteiger partial charge >= 0.3 is 5.97 Å². The zero-order valence-electron chi connectivity index (χ0n) is 18.8. The number of thioether (sulfide) groups is 1. The first-order valence-electron chi connectivity index (χ1n) is 10.4. The van der Waals surface area contributed by atoms with E-state index in [0.717, 1.165) is 22.9 Å². The lowest BCUT2D eigenvalue weighted by atomic mass is 9.86. The maximum Gasteiger partial charge on any atom is 0.326 e. The van der Waals surface area contributed by atoms with Gasteiger partial charge in [-0.15, -0.1) is 0 Å². The minimum absolute atomic E-state index is 0.0565. The Hall–Kier alpha value is -2.93. The van der Waals surface area contributed by atoms with Gasteiger partial charge in [0.15, 0.2) is 10.9 Å². The number of Topliss-reactive ketones (excluding diaryl/α,β-unsaturated/α-hetero) is 1. The van der Waals surface area contributed by atoms with Gasteiger partial charge < -0.3 is 10.4 Å². The molecule has 6 nitrogen and oxygen atoms in total. The number of nitrogens with one attached hydrogen (secondary N) is 1. The summed E-state index contributed by atoms with van der Waals surface area (Å²) in [5, 5.41) is 10.7. The Morgan fingerprint density at radius 1 is 0.969 bits per heavy atom. The smallest absolute Gasteiger partial charge is 0.326 e. The lowest BCUT2D eigenvalue weighted by Gasteiger charge is -2.20. The Morgan fingerprint density at radius 2 is 1.56 bits per heavy atom. The summed E-state index contributed by atoms with van der Waals surface area (Å²) in [5.41, 5.74) is 2.22. The predicted molar refractivity (Wildman–Crippen MR) is 126 cm³/mol. The van der Waals surface area contributed by atoms with Crippen LogP contribution in [0.25, 0.3) is 0 Å². The highest BCUT2D eigenvalue weighted by molar-refractivity contribution is 8.14. The Kier molecular flexibility index (Phi) is 8.78. The van der Waals surface area contributed by atoms with Crippen molar-refractivity contribution in [3.05, 3.63) is 71.3 Å². The molecule has 0 bridgehead atoms. The van der Waals surface area contributed by atoms with Crippen LogP contribution in [-0.4, -0.2) is 39.2 Å². The van der Waals surface area contributed by atoms with E-state index in [1.165, 1.54) is 6.92 Å². The zero-order valence-corrected chi connectivity index (χ0v) is 19.6. The molecule has 0 fully saturated rings. The van der Waals surface area contributed by atoms with E-state index < -0.39 is 23.2 Å². The first-order chi connectivity index (χ1) is 15.0. The highest BCUT2D eigenvalue weighted by atomic mass is 32.2. The van der Waals surface area contributed by atoms with Gasteiger partial charge in [0, 0.05) is 25.3 Å². The summed E-state index contributed by atoms with van der Waals surface area (Å²) < 4.78 is 0. The van der Waals surface area contributed by atoms with Crippen molar-refractivity contribution in [1.82, 2.24) is 5.32 Å². The molecular formula is C25H29NO5S. The van der Waals surface area contributed by atoms with Crippen molar-refractivity contribution in [1.29, 1.82) is 0 Å². The Balaban J connectivity index is 2.13. The molecule has 0 aromatic heterocycles. The van der Waals surface area contributed by atoms with Crippen LogP contribution < -0.4 is 5.32 Å². The molecule has 2 aromatic rings. The monoisotopic (exact) mass is 455 g/mol. The van der Waals surface area contributed by atoms with Crippen molar-refractivity contribution in [3.63, 3.8) is 0 Å². The number of amides is 1. The van der Waals surface area contributed by atoms with Gasteiger partial charge in [0.2, 0.25) is 5.91 Å². The van der Waals surface area contributed by atoms with Gasteiger partial charge in [-0.2, -0.15) is 0 Å². The van der Waals surface area contributed by atoms with E-state index in [9.17, 15) is 24.3 Å². The Labute approximate surface area is 192 Å². The molecule has 170 valence electrons. The average molecular weight is 456 g/mol. The highest BCUT2D eigenvalue weighted by Crippen LogP contribution is 2.24. The molecule has 32 heavy (non-hydrogen) atoms. The quantitative estimate of drug-likeness (QED) is 0.554. The van der Waals surface area contributed by atoms with E-state index in [1.54, 1.807) is 36.4 Å². The minimum atomic E-state index is -1.18. The normalized spacial score (nSPS) is 13.1. The number of ketones is 1. The van der Waals surface area contributed by atoms with Gasteiger partial charge in [-0.3, -0.25) is 14.4 Å². The van der Waals surface area contributed by atoms with Crippen LogP contribution in [0.15, 0.2) is 54.6 Å². The fourth-order valence-electron chi connectivity index (χ4n) is 3.15. The molecule has 1 amide bonds. The van der Waals surface area contributed by atoms with E-state index in [4.69, 9.17) is 0 Å². The molecule has 7 heteroatoms.